The zero-order valence-corrected chi connectivity index (χ0v) is 16.0. The van der Waals surface area contributed by atoms with Crippen LogP contribution in [0.2, 0.25) is 0 Å². The quantitative estimate of drug-likeness (QED) is 0.904. The molecule has 1 spiro atoms. The number of aliphatic hydroxyl groups is 1. The Morgan fingerprint density at radius 3 is 2.58 bits per heavy atom. The van der Waals surface area contributed by atoms with Crippen molar-refractivity contribution in [3.05, 3.63) is 35.4 Å². The van der Waals surface area contributed by atoms with E-state index in [2.05, 4.69) is 41.0 Å². The number of piperidine rings is 1. The molecule has 1 amide bonds. The number of nitrogens with zero attached hydrogens (tertiary/aromatic N) is 2. The van der Waals surface area contributed by atoms with E-state index in [1.54, 1.807) is 0 Å². The van der Waals surface area contributed by atoms with E-state index in [0.717, 1.165) is 71.0 Å². The molecule has 1 unspecified atom stereocenters. The van der Waals surface area contributed by atoms with Gasteiger partial charge >= 0.3 is 0 Å². The van der Waals surface area contributed by atoms with Crippen molar-refractivity contribution in [2.24, 2.45) is 0 Å². The number of rotatable bonds is 3. The van der Waals surface area contributed by atoms with Gasteiger partial charge in [-0.2, -0.15) is 0 Å². The molecule has 1 atom stereocenters. The molecule has 4 rings (SSSR count). The van der Waals surface area contributed by atoms with E-state index in [1.165, 1.54) is 11.1 Å². The first-order valence-electron chi connectivity index (χ1n) is 10.4. The van der Waals surface area contributed by atoms with E-state index in [4.69, 9.17) is 0 Å². The predicted molar refractivity (Wildman–Crippen MR) is 103 cm³/mol. The number of aliphatic hydroxyl groups excluding tert-OH is 1. The van der Waals surface area contributed by atoms with Crippen molar-refractivity contribution in [2.75, 3.05) is 13.1 Å². The van der Waals surface area contributed by atoms with Gasteiger partial charge in [-0.3, -0.25) is 9.69 Å². The number of amides is 1. The maximum absolute atomic E-state index is 13.6. The molecular weight excluding hydrogens is 324 g/mol. The molecule has 1 N–H and O–H groups in total. The summed E-state index contributed by atoms with van der Waals surface area (Å²) in [5.74, 6) is 0.371. The molecule has 2 aliphatic heterocycles. The molecule has 4 heteroatoms. The second-order valence-corrected chi connectivity index (χ2v) is 8.61. The molecular formula is C22H32N2O2. The average molecular weight is 357 g/mol. The average Bonchev–Trinajstić information content (AvgIpc) is 3.02. The molecule has 0 radical (unpaired) electrons. The number of hydrogen-bond donors (Lipinski definition) is 1. The monoisotopic (exact) mass is 356 g/mol. The van der Waals surface area contributed by atoms with Crippen molar-refractivity contribution >= 4 is 5.91 Å². The zero-order chi connectivity index (χ0) is 18.1. The van der Waals surface area contributed by atoms with E-state index in [-0.39, 0.29) is 11.6 Å². The van der Waals surface area contributed by atoms with Crippen LogP contribution in [0.4, 0.5) is 0 Å². The molecule has 3 fully saturated rings. The standard InChI is InChI=1S/C22H32N2O2/c1-17-5-2-6-18(15-17)16-23-13-3-11-22(23)12-4-14-24(21(22)26)19-7-9-20(25)10-8-19/h2,5-6,15,19-20,25H,3-4,7-14,16H2,1H3. The lowest BCUT2D eigenvalue weighted by Gasteiger charge is -2.48. The van der Waals surface area contributed by atoms with Crippen LogP contribution in [0.3, 0.4) is 0 Å². The molecule has 2 heterocycles. The summed E-state index contributed by atoms with van der Waals surface area (Å²) in [6, 6.07) is 9.03. The Balaban J connectivity index is 1.52. The Morgan fingerprint density at radius 1 is 1.12 bits per heavy atom. The fourth-order valence-corrected chi connectivity index (χ4v) is 5.46. The Morgan fingerprint density at radius 2 is 1.85 bits per heavy atom. The highest BCUT2D eigenvalue weighted by Crippen LogP contribution is 2.41. The van der Waals surface area contributed by atoms with Crippen molar-refractivity contribution in [3.63, 3.8) is 0 Å². The largest absolute Gasteiger partial charge is 0.393 e. The predicted octanol–water partition coefficient (Wildman–Crippen LogP) is 3.26. The smallest absolute Gasteiger partial charge is 0.243 e. The number of aryl methyl sites for hydroxylation is 1. The molecule has 1 aliphatic carbocycles. The van der Waals surface area contributed by atoms with E-state index in [9.17, 15) is 9.90 Å². The van der Waals surface area contributed by atoms with Crippen molar-refractivity contribution in [1.29, 1.82) is 0 Å². The minimum Gasteiger partial charge on any atom is -0.393 e. The molecule has 4 nitrogen and oxygen atoms in total. The van der Waals surface area contributed by atoms with Gasteiger partial charge in [-0.1, -0.05) is 29.8 Å². The summed E-state index contributed by atoms with van der Waals surface area (Å²) < 4.78 is 0. The van der Waals surface area contributed by atoms with Gasteiger partial charge in [0, 0.05) is 19.1 Å². The third kappa shape index (κ3) is 3.29. The normalized spacial score (nSPS) is 33.2. The Hall–Kier alpha value is -1.39. The van der Waals surface area contributed by atoms with Gasteiger partial charge in [0.2, 0.25) is 5.91 Å². The summed E-state index contributed by atoms with van der Waals surface area (Å²) in [7, 11) is 0. The summed E-state index contributed by atoms with van der Waals surface area (Å²) in [6.07, 6.45) is 7.67. The third-order valence-electron chi connectivity index (χ3n) is 6.83. The van der Waals surface area contributed by atoms with Gasteiger partial charge in [-0.05, 0) is 70.4 Å². The minimum atomic E-state index is -0.280. The van der Waals surface area contributed by atoms with Crippen LogP contribution in [0.1, 0.15) is 62.5 Å². The number of carbonyl (C=O) groups is 1. The second kappa shape index (κ2) is 7.32. The van der Waals surface area contributed by atoms with Gasteiger partial charge in [-0.25, -0.2) is 0 Å². The van der Waals surface area contributed by atoms with Crippen molar-refractivity contribution < 1.29 is 9.90 Å². The number of carbonyl (C=O) groups excluding carboxylic acids is 1. The van der Waals surface area contributed by atoms with Gasteiger partial charge in [0.15, 0.2) is 0 Å². The maximum atomic E-state index is 13.6. The lowest BCUT2D eigenvalue weighted by Crippen LogP contribution is -2.62. The lowest BCUT2D eigenvalue weighted by atomic mass is 9.82. The van der Waals surface area contributed by atoms with Crippen LogP contribution in [-0.4, -0.2) is 51.6 Å². The van der Waals surface area contributed by atoms with Gasteiger partial charge in [0.25, 0.3) is 0 Å². The molecule has 26 heavy (non-hydrogen) atoms. The van der Waals surface area contributed by atoms with E-state index in [1.807, 2.05) is 0 Å². The highest BCUT2D eigenvalue weighted by atomic mass is 16.3. The zero-order valence-electron chi connectivity index (χ0n) is 16.0. The van der Waals surface area contributed by atoms with Crippen molar-refractivity contribution in [1.82, 2.24) is 9.80 Å². The summed E-state index contributed by atoms with van der Waals surface area (Å²) in [4.78, 5) is 18.3. The van der Waals surface area contributed by atoms with E-state index in [0.29, 0.717) is 11.9 Å². The van der Waals surface area contributed by atoms with Crippen LogP contribution >= 0.6 is 0 Å². The third-order valence-corrected chi connectivity index (χ3v) is 6.83. The topological polar surface area (TPSA) is 43.8 Å². The van der Waals surface area contributed by atoms with Crippen molar-refractivity contribution in [2.45, 2.75) is 82.5 Å². The fraction of sp³-hybridized carbons (Fsp3) is 0.682. The molecule has 0 bridgehead atoms. The Kier molecular flexibility index (Phi) is 5.07. The molecule has 1 saturated carbocycles. The molecule has 2 saturated heterocycles. The molecule has 1 aromatic rings. The van der Waals surface area contributed by atoms with Gasteiger partial charge < -0.3 is 10.0 Å². The second-order valence-electron chi connectivity index (χ2n) is 8.61. The first kappa shape index (κ1) is 18.0. The van der Waals surface area contributed by atoms with Gasteiger partial charge in [-0.15, -0.1) is 0 Å². The van der Waals surface area contributed by atoms with E-state index < -0.39 is 0 Å². The Bertz CT molecular complexity index is 653. The van der Waals surface area contributed by atoms with Crippen molar-refractivity contribution in [3.8, 4) is 0 Å². The molecule has 1 aromatic carbocycles. The summed E-state index contributed by atoms with van der Waals surface area (Å²) >= 11 is 0. The highest BCUT2D eigenvalue weighted by Gasteiger charge is 2.51. The lowest BCUT2D eigenvalue weighted by molar-refractivity contribution is -0.152. The van der Waals surface area contributed by atoms with Crippen LogP contribution in [0, 0.1) is 6.92 Å². The van der Waals surface area contributed by atoms with E-state index >= 15 is 0 Å². The highest BCUT2D eigenvalue weighted by molar-refractivity contribution is 5.87. The minimum absolute atomic E-state index is 0.163. The van der Waals surface area contributed by atoms with Gasteiger partial charge in [0.1, 0.15) is 5.54 Å². The number of likely N-dealkylation sites (tertiary alicyclic amines) is 2. The number of hydrogen-bond acceptors (Lipinski definition) is 3. The van der Waals surface area contributed by atoms with Crippen LogP contribution < -0.4 is 0 Å². The number of benzene rings is 1. The first-order chi connectivity index (χ1) is 12.6. The molecule has 3 aliphatic rings. The molecule has 0 aromatic heterocycles. The van der Waals surface area contributed by atoms with Gasteiger partial charge in [0.05, 0.1) is 6.10 Å². The van der Waals surface area contributed by atoms with Crippen LogP contribution in [0.25, 0.3) is 0 Å². The maximum Gasteiger partial charge on any atom is 0.243 e. The summed E-state index contributed by atoms with van der Waals surface area (Å²) in [5.41, 5.74) is 2.32. The SMILES string of the molecule is Cc1cccc(CN2CCCC23CCCN(C2CCC(O)CC2)C3=O)c1. The fourth-order valence-electron chi connectivity index (χ4n) is 5.46. The molecule has 142 valence electrons. The summed E-state index contributed by atoms with van der Waals surface area (Å²) in [5, 5.41) is 9.81. The Labute approximate surface area is 157 Å². The first-order valence-corrected chi connectivity index (χ1v) is 10.4. The summed E-state index contributed by atoms with van der Waals surface area (Å²) in [6.45, 7) is 4.94. The van der Waals surface area contributed by atoms with Crippen LogP contribution in [-0.2, 0) is 11.3 Å². The van der Waals surface area contributed by atoms with Crippen LogP contribution in [0.15, 0.2) is 24.3 Å². The van der Waals surface area contributed by atoms with Crippen LogP contribution in [0.5, 0.6) is 0 Å².